The van der Waals surface area contributed by atoms with E-state index in [0.29, 0.717) is 5.69 Å². The van der Waals surface area contributed by atoms with Crippen molar-refractivity contribution in [2.75, 3.05) is 0 Å². The number of nitrogens with one attached hydrogen (secondary N) is 1. The summed E-state index contributed by atoms with van der Waals surface area (Å²) in [6, 6.07) is 9.60. The van der Waals surface area contributed by atoms with E-state index in [9.17, 15) is 4.79 Å². The van der Waals surface area contributed by atoms with Gasteiger partial charge in [-0.25, -0.2) is 4.79 Å². The van der Waals surface area contributed by atoms with E-state index in [1.165, 1.54) is 4.68 Å². The SMILES string of the molecule is Cc1cccc2cc(-c3cc(C(=O)O)n(C)n3)[nH]c12. The van der Waals surface area contributed by atoms with Gasteiger partial charge in [0.1, 0.15) is 11.4 Å². The summed E-state index contributed by atoms with van der Waals surface area (Å²) in [6.07, 6.45) is 0. The zero-order chi connectivity index (χ0) is 13.6. The van der Waals surface area contributed by atoms with Crippen LogP contribution in [0.25, 0.3) is 22.3 Å². The predicted molar refractivity (Wildman–Crippen MR) is 72.2 cm³/mol. The van der Waals surface area contributed by atoms with Gasteiger partial charge in [0.25, 0.3) is 0 Å². The average molecular weight is 255 g/mol. The predicted octanol–water partition coefficient (Wildman–Crippen LogP) is 2.58. The number of benzene rings is 1. The molecule has 0 spiro atoms. The van der Waals surface area contributed by atoms with Crippen LogP contribution in [-0.2, 0) is 7.05 Å². The molecule has 0 aliphatic carbocycles. The third-order valence-electron chi connectivity index (χ3n) is 3.24. The summed E-state index contributed by atoms with van der Waals surface area (Å²) in [5.74, 6) is -0.978. The molecule has 0 aliphatic heterocycles. The fourth-order valence-electron chi connectivity index (χ4n) is 2.24. The Labute approximate surface area is 109 Å². The number of H-pyrrole nitrogens is 1. The van der Waals surface area contributed by atoms with Gasteiger partial charge in [0.05, 0.1) is 5.69 Å². The number of carboxylic acid groups (broad SMARTS) is 1. The number of hydrogen-bond acceptors (Lipinski definition) is 2. The van der Waals surface area contributed by atoms with Gasteiger partial charge in [0.15, 0.2) is 0 Å². The zero-order valence-electron chi connectivity index (χ0n) is 10.6. The Morgan fingerprint density at radius 1 is 1.37 bits per heavy atom. The first-order valence-electron chi connectivity index (χ1n) is 5.92. The summed E-state index contributed by atoms with van der Waals surface area (Å²) < 4.78 is 1.37. The summed E-state index contributed by atoms with van der Waals surface area (Å²) in [5.41, 5.74) is 3.84. The molecule has 2 aromatic heterocycles. The molecule has 0 saturated carbocycles. The van der Waals surface area contributed by atoms with Gasteiger partial charge in [0, 0.05) is 24.0 Å². The Kier molecular flexibility index (Phi) is 2.41. The van der Waals surface area contributed by atoms with Crippen LogP contribution in [0.1, 0.15) is 16.1 Å². The molecule has 2 N–H and O–H groups in total. The number of carboxylic acids is 1. The van der Waals surface area contributed by atoms with E-state index in [2.05, 4.69) is 10.1 Å². The van der Waals surface area contributed by atoms with Crippen molar-refractivity contribution in [3.8, 4) is 11.4 Å². The van der Waals surface area contributed by atoms with Crippen molar-refractivity contribution in [3.63, 3.8) is 0 Å². The van der Waals surface area contributed by atoms with Crippen molar-refractivity contribution in [2.45, 2.75) is 6.92 Å². The summed E-state index contributed by atoms with van der Waals surface area (Å²) in [6.45, 7) is 2.03. The lowest BCUT2D eigenvalue weighted by molar-refractivity contribution is 0.0685. The Balaban J connectivity index is 2.17. The number of aromatic amines is 1. The highest BCUT2D eigenvalue weighted by atomic mass is 16.4. The number of nitrogens with zero attached hydrogens (tertiary/aromatic N) is 2. The van der Waals surface area contributed by atoms with Crippen molar-refractivity contribution in [1.29, 1.82) is 0 Å². The molecule has 96 valence electrons. The highest BCUT2D eigenvalue weighted by molar-refractivity contribution is 5.90. The molecular weight excluding hydrogens is 242 g/mol. The number of aromatic carboxylic acids is 1. The van der Waals surface area contributed by atoms with Crippen molar-refractivity contribution in [2.24, 2.45) is 7.05 Å². The van der Waals surface area contributed by atoms with Crippen molar-refractivity contribution in [1.82, 2.24) is 14.8 Å². The molecule has 5 nitrogen and oxygen atoms in total. The summed E-state index contributed by atoms with van der Waals surface area (Å²) >= 11 is 0. The van der Waals surface area contributed by atoms with Gasteiger partial charge >= 0.3 is 5.97 Å². The maximum Gasteiger partial charge on any atom is 0.354 e. The maximum atomic E-state index is 11.0. The first kappa shape index (κ1) is 11.5. The molecule has 3 rings (SSSR count). The van der Waals surface area contributed by atoms with Gasteiger partial charge < -0.3 is 10.1 Å². The molecule has 0 atom stereocenters. The second kappa shape index (κ2) is 3.98. The van der Waals surface area contributed by atoms with Crippen LogP contribution in [0.4, 0.5) is 0 Å². The molecular formula is C14H13N3O2. The summed E-state index contributed by atoms with van der Waals surface area (Å²) in [5, 5.41) is 14.4. The second-order valence-electron chi connectivity index (χ2n) is 4.57. The van der Waals surface area contributed by atoms with Crippen LogP contribution < -0.4 is 0 Å². The Bertz CT molecular complexity index is 783. The van der Waals surface area contributed by atoms with E-state index < -0.39 is 5.97 Å². The first-order chi connectivity index (χ1) is 9.06. The molecule has 0 saturated heterocycles. The third kappa shape index (κ3) is 1.79. The van der Waals surface area contributed by atoms with E-state index in [0.717, 1.165) is 22.2 Å². The molecule has 0 fully saturated rings. The lowest BCUT2D eigenvalue weighted by Gasteiger charge is -1.93. The molecule has 0 radical (unpaired) electrons. The van der Waals surface area contributed by atoms with Gasteiger partial charge in [-0.15, -0.1) is 0 Å². The highest BCUT2D eigenvalue weighted by Crippen LogP contribution is 2.25. The van der Waals surface area contributed by atoms with Gasteiger partial charge in [-0.3, -0.25) is 4.68 Å². The van der Waals surface area contributed by atoms with Crippen LogP contribution in [0.3, 0.4) is 0 Å². The largest absolute Gasteiger partial charge is 0.477 e. The third-order valence-corrected chi connectivity index (χ3v) is 3.24. The lowest BCUT2D eigenvalue weighted by Crippen LogP contribution is -2.04. The topological polar surface area (TPSA) is 70.9 Å². The molecule has 2 heterocycles. The van der Waals surface area contributed by atoms with E-state index >= 15 is 0 Å². The number of para-hydroxylation sites is 1. The van der Waals surface area contributed by atoms with E-state index in [-0.39, 0.29) is 5.69 Å². The molecule has 19 heavy (non-hydrogen) atoms. The monoisotopic (exact) mass is 255 g/mol. The van der Waals surface area contributed by atoms with Crippen LogP contribution in [0.2, 0.25) is 0 Å². The second-order valence-corrected chi connectivity index (χ2v) is 4.57. The van der Waals surface area contributed by atoms with Crippen LogP contribution in [0.5, 0.6) is 0 Å². The minimum atomic E-state index is -0.978. The minimum absolute atomic E-state index is 0.172. The van der Waals surface area contributed by atoms with Crippen LogP contribution >= 0.6 is 0 Å². The minimum Gasteiger partial charge on any atom is -0.477 e. The quantitative estimate of drug-likeness (QED) is 0.739. The zero-order valence-corrected chi connectivity index (χ0v) is 10.6. The van der Waals surface area contributed by atoms with Crippen LogP contribution in [0, 0.1) is 6.92 Å². The summed E-state index contributed by atoms with van der Waals surface area (Å²) in [4.78, 5) is 14.3. The van der Waals surface area contributed by atoms with Crippen LogP contribution in [0.15, 0.2) is 30.3 Å². The first-order valence-corrected chi connectivity index (χ1v) is 5.92. The van der Waals surface area contributed by atoms with Crippen molar-refractivity contribution >= 4 is 16.9 Å². The molecule has 5 heteroatoms. The Morgan fingerprint density at radius 3 is 2.79 bits per heavy atom. The smallest absolute Gasteiger partial charge is 0.354 e. The van der Waals surface area contributed by atoms with Gasteiger partial charge in [-0.1, -0.05) is 18.2 Å². The number of aryl methyl sites for hydroxylation is 2. The van der Waals surface area contributed by atoms with Crippen molar-refractivity contribution in [3.05, 3.63) is 41.6 Å². The molecule has 0 bridgehead atoms. The van der Waals surface area contributed by atoms with E-state index in [1.54, 1.807) is 13.1 Å². The number of aromatic nitrogens is 3. The number of carbonyl (C=O) groups is 1. The number of hydrogen-bond donors (Lipinski definition) is 2. The maximum absolute atomic E-state index is 11.0. The number of rotatable bonds is 2. The highest BCUT2D eigenvalue weighted by Gasteiger charge is 2.14. The standard InChI is InChI=1S/C14H13N3O2/c1-8-4-3-5-9-6-10(15-13(8)9)11-7-12(14(18)19)17(2)16-11/h3-7,15H,1-2H3,(H,18,19). The van der Waals surface area contributed by atoms with Gasteiger partial charge in [-0.05, 0) is 18.6 Å². The summed E-state index contributed by atoms with van der Waals surface area (Å²) in [7, 11) is 1.63. The molecule has 0 amide bonds. The Hall–Kier alpha value is -2.56. The number of fused-ring (bicyclic) bond motifs is 1. The average Bonchev–Trinajstić information content (AvgIpc) is 2.93. The van der Waals surface area contributed by atoms with E-state index in [1.807, 2.05) is 31.2 Å². The molecule has 3 aromatic rings. The Morgan fingerprint density at radius 2 is 2.16 bits per heavy atom. The molecule has 0 unspecified atom stereocenters. The van der Waals surface area contributed by atoms with E-state index in [4.69, 9.17) is 5.11 Å². The fraction of sp³-hybridized carbons (Fsp3) is 0.143. The lowest BCUT2D eigenvalue weighted by atomic mass is 10.2. The molecule has 0 aliphatic rings. The van der Waals surface area contributed by atoms with Crippen molar-refractivity contribution < 1.29 is 9.90 Å². The normalized spacial score (nSPS) is 11.1. The fourth-order valence-corrected chi connectivity index (χ4v) is 2.24. The van der Waals surface area contributed by atoms with Gasteiger partial charge in [0.2, 0.25) is 0 Å². The van der Waals surface area contributed by atoms with Gasteiger partial charge in [-0.2, -0.15) is 5.10 Å². The van der Waals surface area contributed by atoms with Crippen LogP contribution in [-0.4, -0.2) is 25.8 Å². The molecule has 1 aromatic carbocycles.